The molecule has 4 aliphatic carbocycles. The molecule has 5 heteroatoms. The van der Waals surface area contributed by atoms with Crippen LogP contribution in [0, 0.1) is 34.0 Å². The predicted molar refractivity (Wildman–Crippen MR) is 102 cm³/mol. The summed E-state index contributed by atoms with van der Waals surface area (Å²) in [5.74, 6) is 1.10. The molecule has 156 valence electrons. The van der Waals surface area contributed by atoms with Gasteiger partial charge in [0.25, 0.3) is 0 Å². The maximum atomic E-state index is 12.8. The summed E-state index contributed by atoms with van der Waals surface area (Å²) in [6.45, 7) is 6.83. The minimum atomic E-state index is -0.399. The van der Waals surface area contributed by atoms with Gasteiger partial charge in [0.2, 0.25) is 0 Å². The molecule has 0 amide bonds. The predicted octanol–water partition coefficient (Wildman–Crippen LogP) is 3.88. The Morgan fingerprint density at radius 1 is 1.04 bits per heavy atom. The number of hydrogen-bond acceptors (Lipinski definition) is 5. The van der Waals surface area contributed by atoms with Gasteiger partial charge in [-0.3, -0.25) is 9.59 Å². The Balaban J connectivity index is 1.56. The molecule has 8 atom stereocenters. The van der Waals surface area contributed by atoms with Gasteiger partial charge >= 0.3 is 11.9 Å². The van der Waals surface area contributed by atoms with Crippen molar-refractivity contribution >= 4 is 11.9 Å². The van der Waals surface area contributed by atoms with Gasteiger partial charge < -0.3 is 14.2 Å². The summed E-state index contributed by atoms with van der Waals surface area (Å²) < 4.78 is 17.4. The second-order valence-corrected chi connectivity index (χ2v) is 10.9. The number of epoxide rings is 1. The first-order valence-electron chi connectivity index (χ1n) is 11.1. The molecule has 28 heavy (non-hydrogen) atoms. The third kappa shape index (κ3) is 2.12. The molecule has 5 rings (SSSR count). The van der Waals surface area contributed by atoms with E-state index in [0.717, 1.165) is 58.0 Å². The lowest BCUT2D eigenvalue weighted by Gasteiger charge is -2.64. The Bertz CT molecular complexity index is 714. The average molecular weight is 391 g/mol. The molecule has 5 aliphatic rings. The van der Waals surface area contributed by atoms with Crippen molar-refractivity contribution in [2.45, 2.75) is 83.8 Å². The summed E-state index contributed by atoms with van der Waals surface area (Å²) in [5, 5.41) is 0. The lowest BCUT2D eigenvalue weighted by molar-refractivity contribution is -0.201. The minimum absolute atomic E-state index is 0.0186. The summed E-state index contributed by atoms with van der Waals surface area (Å²) in [7, 11) is 1.52. The van der Waals surface area contributed by atoms with E-state index in [9.17, 15) is 9.59 Å². The summed E-state index contributed by atoms with van der Waals surface area (Å²) in [6, 6.07) is 0. The van der Waals surface area contributed by atoms with E-state index in [4.69, 9.17) is 14.2 Å². The van der Waals surface area contributed by atoms with Crippen LogP contribution in [0.3, 0.4) is 0 Å². The standard InChI is InChI=1S/C23H34O5/c1-14(24)28-18-22-11-8-16-20(2,9-5-10-21(16,3)19(25)26-4)17(22)7-6-15(12-22)23(18)13-27-23/h15-18H,5-13H2,1-4H3. The Labute approximate surface area is 167 Å². The maximum Gasteiger partial charge on any atom is 0.311 e. The fraction of sp³-hybridized carbons (Fsp3) is 0.913. The number of methoxy groups -OCH3 is 1. The van der Waals surface area contributed by atoms with Gasteiger partial charge in [-0.25, -0.2) is 0 Å². The summed E-state index contributed by atoms with van der Waals surface area (Å²) >= 11 is 0. The lowest BCUT2D eigenvalue weighted by atomic mass is 9.40. The van der Waals surface area contributed by atoms with E-state index in [2.05, 4.69) is 13.8 Å². The summed E-state index contributed by atoms with van der Waals surface area (Å²) in [5.41, 5.74) is -0.513. The van der Waals surface area contributed by atoms with E-state index >= 15 is 0 Å². The molecule has 5 fully saturated rings. The van der Waals surface area contributed by atoms with Gasteiger partial charge in [0.1, 0.15) is 11.7 Å². The van der Waals surface area contributed by atoms with Gasteiger partial charge in [0.15, 0.2) is 0 Å². The first-order valence-corrected chi connectivity index (χ1v) is 11.1. The van der Waals surface area contributed by atoms with Gasteiger partial charge in [0.05, 0.1) is 19.1 Å². The molecule has 0 aromatic rings. The number of ether oxygens (including phenoxy) is 3. The lowest BCUT2D eigenvalue weighted by Crippen LogP contribution is -2.61. The molecule has 5 nitrogen and oxygen atoms in total. The van der Waals surface area contributed by atoms with Crippen molar-refractivity contribution in [1.82, 2.24) is 0 Å². The second kappa shape index (κ2) is 5.74. The van der Waals surface area contributed by atoms with E-state index < -0.39 is 5.41 Å². The number of rotatable bonds is 2. The molecule has 8 unspecified atom stereocenters. The summed E-state index contributed by atoms with van der Waals surface area (Å²) in [4.78, 5) is 24.8. The van der Waals surface area contributed by atoms with Crippen LogP contribution in [0.1, 0.15) is 72.1 Å². The monoisotopic (exact) mass is 390 g/mol. The van der Waals surface area contributed by atoms with E-state index in [-0.39, 0.29) is 34.5 Å². The maximum absolute atomic E-state index is 12.8. The van der Waals surface area contributed by atoms with Crippen molar-refractivity contribution in [3.63, 3.8) is 0 Å². The molecule has 1 heterocycles. The highest BCUT2D eigenvalue weighted by Gasteiger charge is 2.78. The Hall–Kier alpha value is -1.10. The summed E-state index contributed by atoms with van der Waals surface area (Å²) in [6.07, 6.45) is 8.51. The van der Waals surface area contributed by atoms with E-state index in [0.29, 0.717) is 17.8 Å². The number of fused-ring (bicyclic) bond motifs is 4. The van der Waals surface area contributed by atoms with Gasteiger partial charge in [-0.05, 0) is 75.0 Å². The smallest absolute Gasteiger partial charge is 0.311 e. The van der Waals surface area contributed by atoms with Gasteiger partial charge in [-0.15, -0.1) is 0 Å². The molecule has 1 aliphatic heterocycles. The first kappa shape index (κ1) is 18.9. The van der Waals surface area contributed by atoms with E-state index in [1.807, 2.05) is 0 Å². The van der Waals surface area contributed by atoms with Crippen LogP contribution < -0.4 is 0 Å². The highest BCUT2D eigenvalue weighted by Crippen LogP contribution is 2.75. The highest BCUT2D eigenvalue weighted by atomic mass is 16.6. The first-order chi connectivity index (χ1) is 13.2. The fourth-order valence-corrected chi connectivity index (χ4v) is 8.88. The zero-order chi connectivity index (χ0) is 19.9. The van der Waals surface area contributed by atoms with Crippen LogP contribution in [0.5, 0.6) is 0 Å². The van der Waals surface area contributed by atoms with Crippen molar-refractivity contribution in [3.05, 3.63) is 0 Å². The van der Waals surface area contributed by atoms with Crippen LogP contribution in [-0.2, 0) is 23.8 Å². The van der Waals surface area contributed by atoms with Crippen LogP contribution in [0.25, 0.3) is 0 Å². The van der Waals surface area contributed by atoms with Crippen molar-refractivity contribution in [2.24, 2.45) is 34.0 Å². The van der Waals surface area contributed by atoms with Crippen molar-refractivity contribution in [2.75, 3.05) is 13.7 Å². The van der Waals surface area contributed by atoms with Gasteiger partial charge in [0, 0.05) is 12.3 Å². The normalized spacial score (nSPS) is 53.9. The molecule has 1 saturated heterocycles. The highest BCUT2D eigenvalue weighted by molar-refractivity contribution is 5.77. The number of esters is 2. The van der Waals surface area contributed by atoms with Crippen LogP contribution >= 0.6 is 0 Å². The molecule has 0 radical (unpaired) electrons. The third-order valence-electron chi connectivity index (χ3n) is 9.87. The second-order valence-electron chi connectivity index (χ2n) is 10.9. The third-order valence-corrected chi connectivity index (χ3v) is 9.87. The van der Waals surface area contributed by atoms with Crippen molar-refractivity contribution in [3.8, 4) is 0 Å². The van der Waals surface area contributed by atoms with Crippen LogP contribution in [-0.4, -0.2) is 37.4 Å². The molecule has 2 spiro atoms. The zero-order valence-electron chi connectivity index (χ0n) is 17.7. The minimum Gasteiger partial charge on any atom is -0.469 e. The topological polar surface area (TPSA) is 65.1 Å². The molecule has 2 bridgehead atoms. The zero-order valence-corrected chi connectivity index (χ0v) is 17.7. The molecule has 0 N–H and O–H groups in total. The van der Waals surface area contributed by atoms with Crippen LogP contribution in [0.2, 0.25) is 0 Å². The van der Waals surface area contributed by atoms with Crippen molar-refractivity contribution in [1.29, 1.82) is 0 Å². The Morgan fingerprint density at radius 3 is 2.43 bits per heavy atom. The average Bonchev–Trinajstić information content (AvgIpc) is 3.43. The SMILES string of the molecule is COC(=O)C1(C)CCCC2(C)C1CCC13CC(CCC21)C1(CO1)C3OC(C)=O. The fourth-order valence-electron chi connectivity index (χ4n) is 8.88. The Kier molecular flexibility index (Phi) is 3.87. The molecular formula is C23H34O5. The van der Waals surface area contributed by atoms with Gasteiger partial charge in [-0.1, -0.05) is 13.3 Å². The Morgan fingerprint density at radius 2 is 1.79 bits per heavy atom. The van der Waals surface area contributed by atoms with Crippen LogP contribution in [0.15, 0.2) is 0 Å². The van der Waals surface area contributed by atoms with Crippen LogP contribution in [0.4, 0.5) is 0 Å². The molecule has 0 aromatic heterocycles. The largest absolute Gasteiger partial charge is 0.469 e. The number of carbonyl (C=O) groups excluding carboxylic acids is 2. The quantitative estimate of drug-likeness (QED) is 0.529. The number of carbonyl (C=O) groups is 2. The molecule has 0 aromatic carbocycles. The molecule has 4 saturated carbocycles. The van der Waals surface area contributed by atoms with Gasteiger partial charge in [-0.2, -0.15) is 0 Å². The van der Waals surface area contributed by atoms with Crippen molar-refractivity contribution < 1.29 is 23.8 Å². The molecular weight excluding hydrogens is 356 g/mol. The van der Waals surface area contributed by atoms with E-state index in [1.165, 1.54) is 14.0 Å². The van der Waals surface area contributed by atoms with E-state index in [1.54, 1.807) is 0 Å². The number of hydrogen-bond donors (Lipinski definition) is 0.